The van der Waals surface area contributed by atoms with Crippen LogP contribution in [0, 0.1) is 23.2 Å². The molecule has 0 aliphatic carbocycles. The fourth-order valence-corrected chi connectivity index (χ4v) is 4.82. The van der Waals surface area contributed by atoms with E-state index >= 15 is 0 Å². The van der Waals surface area contributed by atoms with Gasteiger partial charge in [-0.15, -0.1) is 0 Å². The number of carbonyl (C=O) groups excluding carboxylic acids is 1. The molecule has 176 valence electrons. The molecule has 0 bridgehead atoms. The second-order valence-electron chi connectivity index (χ2n) is 9.60. The summed E-state index contributed by atoms with van der Waals surface area (Å²) in [7, 11) is 0. The average Bonchev–Trinajstić information content (AvgIpc) is 2.82. The van der Waals surface area contributed by atoms with Crippen LogP contribution in [0.1, 0.15) is 50.2 Å². The van der Waals surface area contributed by atoms with Gasteiger partial charge in [0.15, 0.2) is 0 Å². The van der Waals surface area contributed by atoms with Crippen molar-refractivity contribution in [3.63, 3.8) is 0 Å². The Bertz CT molecular complexity index is 942. The van der Waals surface area contributed by atoms with Gasteiger partial charge in [0.05, 0.1) is 18.6 Å². The zero-order chi connectivity index (χ0) is 23.6. The van der Waals surface area contributed by atoms with Gasteiger partial charge in [-0.05, 0) is 72.9 Å². The molecule has 5 nitrogen and oxygen atoms in total. The molecule has 1 fully saturated rings. The molecule has 33 heavy (non-hydrogen) atoms. The first-order chi connectivity index (χ1) is 16.0. The summed E-state index contributed by atoms with van der Waals surface area (Å²) in [4.78, 5) is 15.1. The highest BCUT2D eigenvalue weighted by molar-refractivity contribution is 5.84. The Labute approximate surface area is 198 Å². The number of rotatable bonds is 10. The van der Waals surface area contributed by atoms with Crippen LogP contribution in [0.3, 0.4) is 0 Å². The maximum absolute atomic E-state index is 12.7. The van der Waals surface area contributed by atoms with Crippen molar-refractivity contribution < 1.29 is 9.90 Å². The van der Waals surface area contributed by atoms with E-state index in [1.807, 2.05) is 18.2 Å². The lowest BCUT2D eigenvalue weighted by Gasteiger charge is -2.31. The van der Waals surface area contributed by atoms with E-state index in [4.69, 9.17) is 10.4 Å². The molecule has 1 atom stereocenters. The van der Waals surface area contributed by atoms with E-state index in [1.54, 1.807) is 0 Å². The Balaban J connectivity index is 1.74. The maximum Gasteiger partial charge on any atom is 0.228 e. The summed E-state index contributed by atoms with van der Waals surface area (Å²) in [6.07, 6.45) is 4.17. The zero-order valence-electron chi connectivity index (χ0n) is 20.0. The third-order valence-corrected chi connectivity index (χ3v) is 6.56. The van der Waals surface area contributed by atoms with E-state index in [0.29, 0.717) is 11.8 Å². The molecule has 1 aliphatic rings. The van der Waals surface area contributed by atoms with Crippen molar-refractivity contribution in [1.82, 2.24) is 10.2 Å². The van der Waals surface area contributed by atoms with E-state index in [-0.39, 0.29) is 25.0 Å². The quantitative estimate of drug-likeness (QED) is 0.530. The average molecular weight is 448 g/mol. The summed E-state index contributed by atoms with van der Waals surface area (Å²) in [5.41, 5.74) is 4.64. The number of hydrogen-bond acceptors (Lipinski definition) is 4. The lowest BCUT2D eigenvalue weighted by Crippen LogP contribution is -2.36. The molecule has 1 aliphatic heterocycles. The summed E-state index contributed by atoms with van der Waals surface area (Å²) in [6, 6.07) is 19.0. The first-order valence-corrected chi connectivity index (χ1v) is 12.2. The van der Waals surface area contributed by atoms with Gasteiger partial charge < -0.3 is 15.3 Å². The van der Waals surface area contributed by atoms with E-state index in [1.165, 1.54) is 24.0 Å². The van der Waals surface area contributed by atoms with Crippen LogP contribution in [0.4, 0.5) is 0 Å². The molecule has 3 rings (SSSR count). The van der Waals surface area contributed by atoms with Crippen LogP contribution < -0.4 is 5.32 Å². The van der Waals surface area contributed by atoms with Crippen molar-refractivity contribution in [2.24, 2.45) is 11.8 Å². The van der Waals surface area contributed by atoms with E-state index in [0.717, 1.165) is 43.6 Å². The number of nitriles is 1. The minimum Gasteiger partial charge on any atom is -0.395 e. The standard InChI is InChI=1S/C28H37N3O2/c1-21(2)17-27(28(33)30-12-11-29)26-8-4-7-25(20-26)24-6-3-5-23(19-24)18-22-9-13-31(14-10-22)15-16-32/h3-8,19-22,27,32H,9-10,12-18H2,1-2H3,(H,30,33). The van der Waals surface area contributed by atoms with Gasteiger partial charge in [0.25, 0.3) is 0 Å². The highest BCUT2D eigenvalue weighted by Gasteiger charge is 2.22. The van der Waals surface area contributed by atoms with E-state index in [2.05, 4.69) is 60.5 Å². The monoisotopic (exact) mass is 447 g/mol. The molecule has 1 unspecified atom stereocenters. The SMILES string of the molecule is CC(C)CC(C(=O)NCC#N)c1cccc(-c2cccc(CC3CCN(CCO)CC3)c2)c1. The van der Waals surface area contributed by atoms with Crippen LogP contribution in [0.15, 0.2) is 48.5 Å². The summed E-state index contributed by atoms with van der Waals surface area (Å²) in [5.74, 6) is 0.716. The van der Waals surface area contributed by atoms with Crippen LogP contribution >= 0.6 is 0 Å². The highest BCUT2D eigenvalue weighted by Crippen LogP contribution is 2.30. The molecule has 0 saturated carbocycles. The number of likely N-dealkylation sites (tertiary alicyclic amines) is 1. The van der Waals surface area contributed by atoms with Crippen LogP contribution in [-0.2, 0) is 11.2 Å². The number of hydrogen-bond donors (Lipinski definition) is 2. The van der Waals surface area contributed by atoms with E-state index in [9.17, 15) is 4.79 Å². The summed E-state index contributed by atoms with van der Waals surface area (Å²) in [6.45, 7) is 7.43. The molecule has 2 aromatic rings. The van der Waals surface area contributed by atoms with Gasteiger partial charge >= 0.3 is 0 Å². The van der Waals surface area contributed by atoms with Gasteiger partial charge in [0, 0.05) is 6.54 Å². The molecular weight excluding hydrogens is 410 g/mol. The Hall–Kier alpha value is -2.68. The Morgan fingerprint density at radius 3 is 2.52 bits per heavy atom. The molecule has 2 aromatic carbocycles. The largest absolute Gasteiger partial charge is 0.395 e. The van der Waals surface area contributed by atoms with E-state index < -0.39 is 0 Å². The maximum atomic E-state index is 12.7. The molecular formula is C28H37N3O2. The fraction of sp³-hybridized carbons (Fsp3) is 0.500. The van der Waals surface area contributed by atoms with Crippen molar-refractivity contribution in [2.75, 3.05) is 32.8 Å². The van der Waals surface area contributed by atoms with Crippen molar-refractivity contribution in [3.8, 4) is 17.2 Å². The Morgan fingerprint density at radius 2 is 1.85 bits per heavy atom. The number of nitrogens with zero attached hydrogens (tertiary/aromatic N) is 2. The van der Waals surface area contributed by atoms with Crippen molar-refractivity contribution in [2.45, 2.75) is 45.4 Å². The first-order valence-electron chi connectivity index (χ1n) is 12.2. The predicted molar refractivity (Wildman–Crippen MR) is 133 cm³/mol. The molecule has 0 radical (unpaired) electrons. The van der Waals surface area contributed by atoms with Crippen LogP contribution in [0.5, 0.6) is 0 Å². The second-order valence-corrected chi connectivity index (χ2v) is 9.60. The third-order valence-electron chi connectivity index (χ3n) is 6.56. The highest BCUT2D eigenvalue weighted by atomic mass is 16.3. The normalized spacial score (nSPS) is 15.8. The molecule has 5 heteroatoms. The predicted octanol–water partition coefficient (Wildman–Crippen LogP) is 4.37. The summed E-state index contributed by atoms with van der Waals surface area (Å²) < 4.78 is 0. The number of amides is 1. The number of benzene rings is 2. The molecule has 0 spiro atoms. The fourth-order valence-electron chi connectivity index (χ4n) is 4.82. The smallest absolute Gasteiger partial charge is 0.228 e. The van der Waals surface area contributed by atoms with Gasteiger partial charge in [-0.2, -0.15) is 5.26 Å². The number of aliphatic hydroxyl groups is 1. The van der Waals surface area contributed by atoms with Gasteiger partial charge in [0.2, 0.25) is 5.91 Å². The van der Waals surface area contributed by atoms with Crippen LogP contribution in [0.25, 0.3) is 11.1 Å². The Kier molecular flexibility index (Phi) is 9.47. The molecule has 1 saturated heterocycles. The zero-order valence-corrected chi connectivity index (χ0v) is 20.0. The molecule has 1 heterocycles. The molecule has 2 N–H and O–H groups in total. The van der Waals surface area contributed by atoms with Crippen molar-refractivity contribution >= 4 is 5.91 Å². The lowest BCUT2D eigenvalue weighted by atomic mass is 9.87. The number of piperidine rings is 1. The number of nitrogens with one attached hydrogen (secondary N) is 1. The summed E-state index contributed by atoms with van der Waals surface area (Å²) >= 11 is 0. The molecule has 0 aromatic heterocycles. The lowest BCUT2D eigenvalue weighted by molar-refractivity contribution is -0.122. The minimum absolute atomic E-state index is 0.0358. The van der Waals surface area contributed by atoms with Crippen LogP contribution in [-0.4, -0.2) is 48.7 Å². The van der Waals surface area contributed by atoms with Gasteiger partial charge in [-0.3, -0.25) is 4.79 Å². The number of carbonyl (C=O) groups is 1. The van der Waals surface area contributed by atoms with Gasteiger partial charge in [-0.1, -0.05) is 62.4 Å². The summed E-state index contributed by atoms with van der Waals surface area (Å²) in [5, 5.41) is 20.7. The topological polar surface area (TPSA) is 76.4 Å². The number of aliphatic hydroxyl groups excluding tert-OH is 1. The second kappa shape index (κ2) is 12.5. The van der Waals surface area contributed by atoms with Crippen molar-refractivity contribution in [1.29, 1.82) is 5.26 Å². The Morgan fingerprint density at radius 1 is 1.15 bits per heavy atom. The number of β-amino-alcohol motifs (C(OH)–C–C–N with tert-alkyl or cyclic N) is 1. The van der Waals surface area contributed by atoms with Gasteiger partial charge in [-0.25, -0.2) is 0 Å². The minimum atomic E-state index is -0.259. The molecule has 1 amide bonds. The van der Waals surface area contributed by atoms with Gasteiger partial charge in [0.1, 0.15) is 6.54 Å². The van der Waals surface area contributed by atoms with Crippen LogP contribution in [0.2, 0.25) is 0 Å². The van der Waals surface area contributed by atoms with Crippen molar-refractivity contribution in [3.05, 3.63) is 59.7 Å². The third kappa shape index (κ3) is 7.42. The first kappa shape index (κ1) is 25.0.